The first-order valence-corrected chi connectivity index (χ1v) is 8.73. The Balaban J connectivity index is 1.56. The fourth-order valence-corrected chi connectivity index (χ4v) is 3.11. The predicted molar refractivity (Wildman–Crippen MR) is 94.5 cm³/mol. The van der Waals surface area contributed by atoms with Gasteiger partial charge in [-0.25, -0.2) is 9.37 Å². The van der Waals surface area contributed by atoms with Gasteiger partial charge in [0, 0.05) is 30.8 Å². The number of halogens is 1. The summed E-state index contributed by atoms with van der Waals surface area (Å²) in [5.41, 5.74) is 0.0904. The van der Waals surface area contributed by atoms with Crippen LogP contribution in [0.15, 0.2) is 35.3 Å². The van der Waals surface area contributed by atoms with Crippen LogP contribution in [-0.4, -0.2) is 40.5 Å². The van der Waals surface area contributed by atoms with E-state index in [0.717, 1.165) is 12.8 Å². The number of nitrogens with zero attached hydrogens (tertiary/aromatic N) is 2. The average Bonchev–Trinajstić information content (AvgIpc) is 2.63. The maximum atomic E-state index is 13.6. The number of hydrogen-bond acceptors (Lipinski definition) is 4. The number of hydrogen-bond donors (Lipinski definition) is 1. The fraction of sp³-hybridized carbons (Fsp3) is 0.421. The molecule has 0 bridgehead atoms. The van der Waals surface area contributed by atoms with Gasteiger partial charge in [-0.3, -0.25) is 9.59 Å². The van der Waals surface area contributed by atoms with Crippen molar-refractivity contribution in [3.8, 4) is 5.75 Å². The molecule has 0 unspecified atom stereocenters. The van der Waals surface area contributed by atoms with Crippen LogP contribution in [0.3, 0.4) is 0 Å². The predicted octanol–water partition coefficient (Wildman–Crippen LogP) is 2.08. The molecule has 1 aliphatic heterocycles. The summed E-state index contributed by atoms with van der Waals surface area (Å²) in [6.45, 7) is 3.26. The zero-order valence-corrected chi connectivity index (χ0v) is 14.7. The molecular weight excluding hydrogens is 337 g/mol. The van der Waals surface area contributed by atoms with E-state index in [2.05, 4.69) is 9.97 Å². The van der Waals surface area contributed by atoms with Crippen LogP contribution in [-0.2, 0) is 11.2 Å². The van der Waals surface area contributed by atoms with E-state index < -0.39 is 0 Å². The number of para-hydroxylation sites is 1. The van der Waals surface area contributed by atoms with Crippen LogP contribution >= 0.6 is 0 Å². The summed E-state index contributed by atoms with van der Waals surface area (Å²) in [5.74, 6) is 0.406. The van der Waals surface area contributed by atoms with Gasteiger partial charge in [0.15, 0.2) is 11.6 Å². The van der Waals surface area contributed by atoms with Crippen LogP contribution in [0.25, 0.3) is 0 Å². The van der Waals surface area contributed by atoms with Crippen molar-refractivity contribution in [1.82, 2.24) is 14.9 Å². The Morgan fingerprint density at radius 3 is 3.00 bits per heavy atom. The molecule has 2 heterocycles. The maximum absolute atomic E-state index is 13.6. The fourth-order valence-electron chi connectivity index (χ4n) is 3.11. The van der Waals surface area contributed by atoms with Crippen molar-refractivity contribution in [2.75, 3.05) is 19.7 Å². The number of amides is 1. The number of aryl methyl sites for hydroxylation is 1. The standard InChI is InChI=1S/C19H22FN3O3/c1-13-21-10-15(19(25)22-13)9-18(24)23-8-4-5-14(11-23)12-26-17-7-3-2-6-16(17)20/h2-3,6-7,10,14H,4-5,8-9,11-12H2,1H3,(H,21,22,25)/t14-/m1/s1. The number of carbonyl (C=O) groups excluding carboxylic acids is 1. The number of aromatic amines is 1. The molecule has 1 atom stereocenters. The Labute approximate surface area is 151 Å². The molecule has 26 heavy (non-hydrogen) atoms. The summed E-state index contributed by atoms with van der Waals surface area (Å²) in [6.07, 6.45) is 3.27. The first kappa shape index (κ1) is 18.1. The molecule has 0 saturated carbocycles. The van der Waals surface area contributed by atoms with Crippen molar-refractivity contribution >= 4 is 5.91 Å². The van der Waals surface area contributed by atoms with E-state index in [9.17, 15) is 14.0 Å². The first-order valence-electron chi connectivity index (χ1n) is 8.73. The lowest BCUT2D eigenvalue weighted by molar-refractivity contribution is -0.132. The zero-order chi connectivity index (χ0) is 18.5. The van der Waals surface area contributed by atoms with Crippen LogP contribution in [0.2, 0.25) is 0 Å². The average molecular weight is 359 g/mol. The number of rotatable bonds is 5. The van der Waals surface area contributed by atoms with E-state index in [1.54, 1.807) is 30.0 Å². The van der Waals surface area contributed by atoms with E-state index in [0.29, 0.717) is 31.1 Å². The second-order valence-electron chi connectivity index (χ2n) is 6.59. The third-order valence-electron chi connectivity index (χ3n) is 4.52. The summed E-state index contributed by atoms with van der Waals surface area (Å²) >= 11 is 0. The Morgan fingerprint density at radius 2 is 2.23 bits per heavy atom. The van der Waals surface area contributed by atoms with Gasteiger partial charge in [0.05, 0.1) is 13.0 Å². The Hall–Kier alpha value is -2.70. The molecule has 3 rings (SSSR count). The van der Waals surface area contributed by atoms with Crippen LogP contribution in [0, 0.1) is 18.7 Å². The summed E-state index contributed by atoms with van der Waals surface area (Å²) in [6, 6.07) is 6.30. The van der Waals surface area contributed by atoms with Crippen molar-refractivity contribution in [3.63, 3.8) is 0 Å². The third kappa shape index (κ3) is 4.47. The lowest BCUT2D eigenvalue weighted by Gasteiger charge is -2.32. The van der Waals surface area contributed by atoms with Gasteiger partial charge in [-0.2, -0.15) is 0 Å². The van der Waals surface area contributed by atoms with E-state index in [-0.39, 0.29) is 35.4 Å². The highest BCUT2D eigenvalue weighted by Crippen LogP contribution is 2.21. The molecule has 1 saturated heterocycles. The molecule has 0 spiro atoms. The molecule has 1 N–H and O–H groups in total. The zero-order valence-electron chi connectivity index (χ0n) is 14.7. The van der Waals surface area contributed by atoms with Crippen molar-refractivity contribution in [3.05, 3.63) is 58.0 Å². The topological polar surface area (TPSA) is 75.3 Å². The molecular formula is C19H22FN3O3. The minimum Gasteiger partial charge on any atom is -0.490 e. The van der Waals surface area contributed by atoms with Gasteiger partial charge in [-0.05, 0) is 31.9 Å². The highest BCUT2D eigenvalue weighted by atomic mass is 19.1. The number of benzene rings is 1. The quantitative estimate of drug-likeness (QED) is 0.887. The summed E-state index contributed by atoms with van der Waals surface area (Å²) < 4.78 is 19.2. The largest absolute Gasteiger partial charge is 0.490 e. The molecule has 1 aromatic carbocycles. The van der Waals surface area contributed by atoms with Crippen LogP contribution in [0.1, 0.15) is 24.2 Å². The number of carbonyl (C=O) groups is 1. The Morgan fingerprint density at radius 1 is 1.42 bits per heavy atom. The smallest absolute Gasteiger partial charge is 0.254 e. The summed E-state index contributed by atoms with van der Waals surface area (Å²) in [5, 5.41) is 0. The van der Waals surface area contributed by atoms with Gasteiger partial charge in [-0.15, -0.1) is 0 Å². The normalized spacial score (nSPS) is 17.2. The van der Waals surface area contributed by atoms with E-state index in [1.807, 2.05) is 0 Å². The maximum Gasteiger partial charge on any atom is 0.254 e. The Kier molecular flexibility index (Phi) is 5.65. The molecule has 6 nitrogen and oxygen atoms in total. The first-order chi connectivity index (χ1) is 12.5. The van der Waals surface area contributed by atoms with Crippen molar-refractivity contribution < 1.29 is 13.9 Å². The lowest BCUT2D eigenvalue weighted by atomic mass is 9.98. The highest BCUT2D eigenvalue weighted by molar-refractivity contribution is 5.78. The number of H-pyrrole nitrogens is 1. The number of ether oxygens (including phenoxy) is 1. The second kappa shape index (κ2) is 8.12. The van der Waals surface area contributed by atoms with Gasteiger partial charge in [0.1, 0.15) is 5.82 Å². The highest BCUT2D eigenvalue weighted by Gasteiger charge is 2.25. The molecule has 1 aromatic heterocycles. The minimum absolute atomic E-state index is 0.0313. The number of likely N-dealkylation sites (tertiary alicyclic amines) is 1. The molecule has 2 aromatic rings. The third-order valence-corrected chi connectivity index (χ3v) is 4.52. The van der Waals surface area contributed by atoms with Gasteiger partial charge in [0.2, 0.25) is 5.91 Å². The van der Waals surface area contributed by atoms with Crippen molar-refractivity contribution in [2.24, 2.45) is 5.92 Å². The van der Waals surface area contributed by atoms with E-state index >= 15 is 0 Å². The number of nitrogens with one attached hydrogen (secondary N) is 1. The summed E-state index contributed by atoms with van der Waals surface area (Å²) in [4.78, 5) is 32.8. The van der Waals surface area contributed by atoms with Crippen LogP contribution in [0.4, 0.5) is 4.39 Å². The number of piperidine rings is 1. The molecule has 1 amide bonds. The van der Waals surface area contributed by atoms with Crippen molar-refractivity contribution in [2.45, 2.75) is 26.2 Å². The molecule has 0 radical (unpaired) electrons. The van der Waals surface area contributed by atoms with Gasteiger partial charge in [0.25, 0.3) is 5.56 Å². The molecule has 1 fully saturated rings. The van der Waals surface area contributed by atoms with Gasteiger partial charge < -0.3 is 14.6 Å². The monoisotopic (exact) mass is 359 g/mol. The SMILES string of the molecule is Cc1ncc(CC(=O)N2CCC[C@@H](COc3ccccc3F)C2)c(=O)[nH]1. The molecule has 7 heteroatoms. The van der Waals surface area contributed by atoms with E-state index in [1.165, 1.54) is 12.3 Å². The molecule has 1 aliphatic rings. The van der Waals surface area contributed by atoms with Crippen LogP contribution in [0.5, 0.6) is 5.75 Å². The van der Waals surface area contributed by atoms with Crippen molar-refractivity contribution in [1.29, 1.82) is 0 Å². The lowest BCUT2D eigenvalue weighted by Crippen LogP contribution is -2.42. The number of aromatic nitrogens is 2. The van der Waals surface area contributed by atoms with E-state index in [4.69, 9.17) is 4.74 Å². The Bertz CT molecular complexity index is 837. The molecule has 0 aliphatic carbocycles. The minimum atomic E-state index is -0.387. The van der Waals surface area contributed by atoms with Gasteiger partial charge in [-0.1, -0.05) is 12.1 Å². The summed E-state index contributed by atoms with van der Waals surface area (Å²) in [7, 11) is 0. The second-order valence-corrected chi connectivity index (χ2v) is 6.59. The van der Waals surface area contributed by atoms with Crippen LogP contribution < -0.4 is 10.3 Å². The van der Waals surface area contributed by atoms with Gasteiger partial charge >= 0.3 is 0 Å². The molecule has 138 valence electrons.